The second-order valence-corrected chi connectivity index (χ2v) is 25.9. The van der Waals surface area contributed by atoms with Crippen LogP contribution in [0.25, 0.3) is 0 Å². The molecular weight excluding hydrogens is 885 g/mol. The van der Waals surface area contributed by atoms with E-state index in [-0.39, 0.29) is 11.5 Å². The topological polar surface area (TPSA) is 9.23 Å². The Kier molecular flexibility index (Phi) is 21.5. The first-order valence-electron chi connectivity index (χ1n) is 31.3. The number of benzene rings is 2. The first-order valence-corrected chi connectivity index (χ1v) is 31.3. The highest BCUT2D eigenvalue weighted by Gasteiger charge is 2.34. The molecule has 0 unspecified atom stereocenters. The van der Waals surface area contributed by atoms with Gasteiger partial charge in [-0.1, -0.05) is 156 Å². The fraction of sp³-hybridized carbons (Fsp3) is 0.818. The number of hydrogen-bond acceptors (Lipinski definition) is 1. The molecule has 0 spiro atoms. The molecule has 5 heteroatoms. The molecule has 8 rings (SSSR count). The molecule has 1 nitrogen and oxygen atoms in total. The van der Waals surface area contributed by atoms with E-state index in [9.17, 15) is 0 Å². The first-order chi connectivity index (χ1) is 34.6. The van der Waals surface area contributed by atoms with Gasteiger partial charge < -0.3 is 4.74 Å². The highest BCUT2D eigenvalue weighted by molar-refractivity contribution is 5.45. The van der Waals surface area contributed by atoms with E-state index in [4.69, 9.17) is 4.74 Å². The van der Waals surface area contributed by atoms with Gasteiger partial charge >= 0.3 is 0 Å². The van der Waals surface area contributed by atoms with Crippen LogP contribution in [0.1, 0.15) is 268 Å². The minimum Gasteiger partial charge on any atom is -0.451 e. The van der Waals surface area contributed by atoms with Crippen molar-refractivity contribution >= 4 is 0 Å². The molecule has 6 aliphatic carbocycles. The lowest BCUT2D eigenvalue weighted by atomic mass is 9.68. The lowest BCUT2D eigenvalue weighted by Gasteiger charge is -2.38. The maximum absolute atomic E-state index is 16.8. The summed E-state index contributed by atoms with van der Waals surface area (Å²) in [5.74, 6) is 4.27. The van der Waals surface area contributed by atoms with Gasteiger partial charge in [-0.25, -0.2) is 8.78 Å². The summed E-state index contributed by atoms with van der Waals surface area (Å²) in [6.45, 7) is 9.16. The molecule has 0 radical (unpaired) electrons. The van der Waals surface area contributed by atoms with E-state index in [1.165, 1.54) is 180 Å². The van der Waals surface area contributed by atoms with Crippen LogP contribution in [-0.4, -0.2) is 0 Å². The zero-order valence-electron chi connectivity index (χ0n) is 45.9. The summed E-state index contributed by atoms with van der Waals surface area (Å²) in [7, 11) is 0. The molecule has 0 amide bonds. The van der Waals surface area contributed by atoms with Crippen molar-refractivity contribution in [3.05, 3.63) is 57.7 Å². The molecule has 2 aromatic rings. The molecule has 0 aliphatic heterocycles. The Balaban J connectivity index is 0.973. The molecule has 71 heavy (non-hydrogen) atoms. The van der Waals surface area contributed by atoms with E-state index in [1.54, 1.807) is 12.1 Å². The van der Waals surface area contributed by atoms with Crippen molar-refractivity contribution in [1.82, 2.24) is 0 Å². The Morgan fingerprint density at radius 2 is 0.563 bits per heavy atom. The monoisotopic (exact) mass is 987 g/mol. The first kappa shape index (κ1) is 55.2. The van der Waals surface area contributed by atoms with Gasteiger partial charge in [-0.15, -0.1) is 0 Å². The van der Waals surface area contributed by atoms with E-state index in [2.05, 4.69) is 27.7 Å². The molecule has 0 N–H and O–H groups in total. The van der Waals surface area contributed by atoms with Crippen LogP contribution in [0.5, 0.6) is 11.5 Å². The summed E-state index contributed by atoms with van der Waals surface area (Å²) in [5, 5.41) is 0. The average Bonchev–Trinajstić information content (AvgIpc) is 3.39. The molecule has 0 atom stereocenters. The standard InChI is InChI=1S/C66H102F4O/c1-5-9-45-13-17-51(18-14-45)41-57-43-61(65(69)63(67)59(57)39-29-49-25-35-55(36-26-49)53-31-21-47(11-7-3)22-32-53)71-62-44-58(42-52-19-15-46(10-6-2)16-20-52)60(64(68)66(62)70)40-30-50-27-37-56(38-28-50)54-33-23-48(12-8-4)24-34-54/h43-56H,5-42H2,1-4H3. The van der Waals surface area contributed by atoms with Gasteiger partial charge in [0.05, 0.1) is 0 Å². The Bertz CT molecular complexity index is 1740. The molecule has 6 fully saturated rings. The number of ether oxygens (including phenoxy) is 1. The van der Waals surface area contributed by atoms with Crippen LogP contribution in [0, 0.1) is 94.3 Å². The quantitative estimate of drug-likeness (QED) is 0.107. The molecule has 0 heterocycles. The summed E-state index contributed by atoms with van der Waals surface area (Å²) < 4.78 is 73.1. The van der Waals surface area contributed by atoms with Gasteiger partial charge in [-0.2, -0.15) is 8.78 Å². The molecule has 0 bridgehead atoms. The van der Waals surface area contributed by atoms with Crippen LogP contribution >= 0.6 is 0 Å². The Hall–Kier alpha value is -2.04. The molecular formula is C66H102F4O. The normalized spacial score (nSPS) is 31.9. The average molecular weight is 988 g/mol. The SMILES string of the molecule is CCCC1CCC(Cc2cc(Oc3cc(CC4CCC(CCC)CC4)c(CCC4CCC(C5CCC(CCC)CC5)CC4)c(F)c3F)c(F)c(F)c2CCC2CCC(C3CCC(CCC)CC3)CC2)CC1. The van der Waals surface area contributed by atoms with Gasteiger partial charge in [-0.3, -0.25) is 0 Å². The summed E-state index contributed by atoms with van der Waals surface area (Å²) in [6.07, 6.45) is 44.6. The fourth-order valence-corrected chi connectivity index (χ4v) is 16.7. The summed E-state index contributed by atoms with van der Waals surface area (Å²) in [4.78, 5) is 0. The predicted molar refractivity (Wildman–Crippen MR) is 289 cm³/mol. The Morgan fingerprint density at radius 3 is 0.831 bits per heavy atom. The molecule has 400 valence electrons. The molecule has 6 aliphatic rings. The van der Waals surface area contributed by atoms with E-state index >= 15 is 17.6 Å². The van der Waals surface area contributed by atoms with Crippen molar-refractivity contribution in [3.8, 4) is 11.5 Å². The van der Waals surface area contributed by atoms with Gasteiger partial charge in [0.1, 0.15) is 0 Å². The molecule has 0 aromatic heterocycles. The second-order valence-electron chi connectivity index (χ2n) is 25.9. The van der Waals surface area contributed by atoms with E-state index in [1.807, 2.05) is 0 Å². The lowest BCUT2D eigenvalue weighted by molar-refractivity contribution is 0.141. The maximum atomic E-state index is 16.8. The number of rotatable bonds is 22. The smallest absolute Gasteiger partial charge is 0.201 e. The van der Waals surface area contributed by atoms with Crippen molar-refractivity contribution in [2.24, 2.45) is 71.0 Å². The summed E-state index contributed by atoms with van der Waals surface area (Å²) >= 11 is 0. The third kappa shape index (κ3) is 15.1. The van der Waals surface area contributed by atoms with Gasteiger partial charge in [-0.05, 0) is 221 Å². The third-order valence-corrected chi connectivity index (χ3v) is 21.2. The van der Waals surface area contributed by atoms with E-state index in [0.717, 1.165) is 97.0 Å². The highest BCUT2D eigenvalue weighted by atomic mass is 19.2. The van der Waals surface area contributed by atoms with Crippen LogP contribution in [0.2, 0.25) is 0 Å². The van der Waals surface area contributed by atoms with Crippen LogP contribution in [0.4, 0.5) is 17.6 Å². The third-order valence-electron chi connectivity index (χ3n) is 21.2. The minimum atomic E-state index is -1.05. The van der Waals surface area contributed by atoms with Crippen molar-refractivity contribution in [1.29, 1.82) is 0 Å². The summed E-state index contributed by atoms with van der Waals surface area (Å²) in [5.41, 5.74) is 2.62. The molecule has 2 aromatic carbocycles. The minimum absolute atomic E-state index is 0.289. The van der Waals surface area contributed by atoms with Crippen molar-refractivity contribution in [2.75, 3.05) is 0 Å². The Morgan fingerprint density at radius 1 is 0.324 bits per heavy atom. The number of halogens is 4. The van der Waals surface area contributed by atoms with Crippen molar-refractivity contribution < 1.29 is 22.3 Å². The van der Waals surface area contributed by atoms with Crippen LogP contribution in [-0.2, 0) is 25.7 Å². The predicted octanol–water partition coefficient (Wildman–Crippen LogP) is 21.0. The molecule has 0 saturated heterocycles. The van der Waals surface area contributed by atoms with Crippen molar-refractivity contribution in [3.63, 3.8) is 0 Å². The van der Waals surface area contributed by atoms with Crippen LogP contribution in [0.3, 0.4) is 0 Å². The van der Waals surface area contributed by atoms with Crippen LogP contribution in [0.15, 0.2) is 12.1 Å². The van der Waals surface area contributed by atoms with Gasteiger partial charge in [0.2, 0.25) is 11.6 Å². The zero-order chi connectivity index (χ0) is 49.7. The van der Waals surface area contributed by atoms with Gasteiger partial charge in [0, 0.05) is 0 Å². The summed E-state index contributed by atoms with van der Waals surface area (Å²) in [6, 6.07) is 3.40. The second kappa shape index (κ2) is 27.7. The largest absolute Gasteiger partial charge is 0.451 e. The van der Waals surface area contributed by atoms with Gasteiger partial charge in [0.25, 0.3) is 0 Å². The maximum Gasteiger partial charge on any atom is 0.201 e. The van der Waals surface area contributed by atoms with Gasteiger partial charge in [0.15, 0.2) is 23.1 Å². The number of hydrogen-bond donors (Lipinski definition) is 0. The highest BCUT2D eigenvalue weighted by Crippen LogP contribution is 2.47. The molecule has 6 saturated carbocycles. The van der Waals surface area contributed by atoms with Crippen LogP contribution < -0.4 is 4.74 Å². The lowest BCUT2D eigenvalue weighted by Crippen LogP contribution is -2.26. The van der Waals surface area contributed by atoms with E-state index in [0.29, 0.717) is 60.5 Å². The van der Waals surface area contributed by atoms with E-state index < -0.39 is 23.3 Å². The fourth-order valence-electron chi connectivity index (χ4n) is 16.7. The van der Waals surface area contributed by atoms with Crippen molar-refractivity contribution in [2.45, 2.75) is 272 Å². The zero-order valence-corrected chi connectivity index (χ0v) is 45.9. The Labute approximate surface area is 432 Å².